The molecule has 0 saturated carbocycles. The molecule has 0 aromatic heterocycles. The SMILES string of the molecule is CC(C(=O)O)N(C)CC(=O)Nc1cc(F)ccc1F. The highest BCUT2D eigenvalue weighted by Crippen LogP contribution is 2.15. The third kappa shape index (κ3) is 4.29. The van der Waals surface area contributed by atoms with Gasteiger partial charge in [0.1, 0.15) is 17.7 Å². The molecule has 1 aromatic carbocycles. The van der Waals surface area contributed by atoms with E-state index in [4.69, 9.17) is 5.11 Å². The van der Waals surface area contributed by atoms with Crippen LogP contribution in [0.5, 0.6) is 0 Å². The van der Waals surface area contributed by atoms with Gasteiger partial charge in [0.15, 0.2) is 0 Å². The summed E-state index contributed by atoms with van der Waals surface area (Å²) in [7, 11) is 1.44. The van der Waals surface area contributed by atoms with Crippen molar-refractivity contribution in [3.05, 3.63) is 29.8 Å². The summed E-state index contributed by atoms with van der Waals surface area (Å²) in [6, 6.07) is 1.83. The lowest BCUT2D eigenvalue weighted by molar-refractivity contribution is -0.142. The first kappa shape index (κ1) is 15.0. The summed E-state index contributed by atoms with van der Waals surface area (Å²) in [4.78, 5) is 23.5. The van der Waals surface area contributed by atoms with Gasteiger partial charge >= 0.3 is 5.97 Å². The maximum absolute atomic E-state index is 13.3. The van der Waals surface area contributed by atoms with Crippen molar-refractivity contribution < 1.29 is 23.5 Å². The van der Waals surface area contributed by atoms with Crippen LogP contribution in [-0.4, -0.2) is 41.5 Å². The van der Waals surface area contributed by atoms with Crippen LogP contribution in [0.2, 0.25) is 0 Å². The van der Waals surface area contributed by atoms with E-state index in [1.54, 1.807) is 0 Å². The first-order valence-electron chi connectivity index (χ1n) is 5.49. The molecule has 0 heterocycles. The normalized spacial score (nSPS) is 12.3. The van der Waals surface area contributed by atoms with Crippen LogP contribution in [0.25, 0.3) is 0 Å². The molecule has 0 aliphatic carbocycles. The fourth-order valence-corrected chi connectivity index (χ4v) is 1.34. The van der Waals surface area contributed by atoms with Gasteiger partial charge in [0.2, 0.25) is 5.91 Å². The third-order valence-corrected chi connectivity index (χ3v) is 2.61. The van der Waals surface area contributed by atoms with Gasteiger partial charge in [-0.1, -0.05) is 0 Å². The molecule has 0 bridgehead atoms. The number of hydrogen-bond donors (Lipinski definition) is 2. The van der Waals surface area contributed by atoms with Crippen LogP contribution in [0.15, 0.2) is 18.2 Å². The van der Waals surface area contributed by atoms with Crippen molar-refractivity contribution in [1.29, 1.82) is 0 Å². The molecule has 2 N–H and O–H groups in total. The zero-order chi connectivity index (χ0) is 14.6. The number of nitrogens with one attached hydrogen (secondary N) is 1. The zero-order valence-electron chi connectivity index (χ0n) is 10.5. The third-order valence-electron chi connectivity index (χ3n) is 2.61. The number of carboxylic acids is 1. The lowest BCUT2D eigenvalue weighted by Crippen LogP contribution is -2.40. The van der Waals surface area contributed by atoms with Crippen molar-refractivity contribution in [2.45, 2.75) is 13.0 Å². The molecule has 0 saturated heterocycles. The van der Waals surface area contributed by atoms with Crippen molar-refractivity contribution in [3.8, 4) is 0 Å². The Kier molecular flexibility index (Phi) is 4.94. The molecule has 19 heavy (non-hydrogen) atoms. The van der Waals surface area contributed by atoms with Crippen molar-refractivity contribution in [3.63, 3.8) is 0 Å². The molecule has 7 heteroatoms. The molecule has 1 atom stereocenters. The molecule has 0 aliphatic heterocycles. The van der Waals surface area contributed by atoms with Crippen LogP contribution in [0.4, 0.5) is 14.5 Å². The summed E-state index contributed by atoms with van der Waals surface area (Å²) in [5, 5.41) is 10.9. The average Bonchev–Trinajstić information content (AvgIpc) is 2.32. The molecule has 0 fully saturated rings. The fraction of sp³-hybridized carbons (Fsp3) is 0.333. The highest BCUT2D eigenvalue weighted by molar-refractivity contribution is 5.92. The van der Waals surface area contributed by atoms with Gasteiger partial charge in [-0.3, -0.25) is 14.5 Å². The number of likely N-dealkylation sites (N-methyl/N-ethyl adjacent to an activating group) is 1. The molecule has 1 amide bonds. The number of amides is 1. The van der Waals surface area contributed by atoms with Crippen LogP contribution in [0.3, 0.4) is 0 Å². The molecule has 1 unspecified atom stereocenters. The molecule has 5 nitrogen and oxygen atoms in total. The highest BCUT2D eigenvalue weighted by atomic mass is 19.1. The average molecular weight is 272 g/mol. The van der Waals surface area contributed by atoms with E-state index in [-0.39, 0.29) is 12.2 Å². The number of anilines is 1. The zero-order valence-corrected chi connectivity index (χ0v) is 10.5. The number of carboxylic acid groups (broad SMARTS) is 1. The summed E-state index contributed by atoms with van der Waals surface area (Å²) in [5.74, 6) is -3.14. The molecular formula is C12H14F2N2O3. The van der Waals surface area contributed by atoms with Gasteiger partial charge in [-0.2, -0.15) is 0 Å². The molecule has 0 aliphatic rings. The lowest BCUT2D eigenvalue weighted by Gasteiger charge is -2.20. The van der Waals surface area contributed by atoms with E-state index in [2.05, 4.69) is 5.32 Å². The second kappa shape index (κ2) is 6.24. The predicted molar refractivity (Wildman–Crippen MR) is 64.7 cm³/mol. The van der Waals surface area contributed by atoms with E-state index in [0.717, 1.165) is 18.2 Å². The maximum atomic E-state index is 13.3. The quantitative estimate of drug-likeness (QED) is 0.848. The van der Waals surface area contributed by atoms with Crippen LogP contribution < -0.4 is 5.32 Å². The Labute approximate surface area is 108 Å². The van der Waals surface area contributed by atoms with Crippen LogP contribution >= 0.6 is 0 Å². The second-order valence-corrected chi connectivity index (χ2v) is 4.10. The van der Waals surface area contributed by atoms with Gasteiger partial charge in [0, 0.05) is 6.07 Å². The molecule has 1 aromatic rings. The minimum absolute atomic E-state index is 0.247. The summed E-state index contributed by atoms with van der Waals surface area (Å²) >= 11 is 0. The lowest BCUT2D eigenvalue weighted by atomic mass is 10.2. The molecule has 1 rings (SSSR count). The van der Waals surface area contributed by atoms with E-state index in [0.29, 0.717) is 0 Å². The molecule has 104 valence electrons. The number of halogens is 2. The standard InChI is InChI=1S/C12H14F2N2O3/c1-7(12(18)19)16(2)6-11(17)15-10-5-8(13)3-4-9(10)14/h3-5,7H,6H2,1-2H3,(H,15,17)(H,18,19). The second-order valence-electron chi connectivity index (χ2n) is 4.10. The van der Waals surface area contributed by atoms with Crippen LogP contribution in [0, 0.1) is 11.6 Å². The Morgan fingerprint density at radius 1 is 1.42 bits per heavy atom. The number of benzene rings is 1. The van der Waals surface area contributed by atoms with E-state index < -0.39 is 29.6 Å². The van der Waals surface area contributed by atoms with Gasteiger partial charge in [0.05, 0.1) is 12.2 Å². The highest BCUT2D eigenvalue weighted by Gasteiger charge is 2.19. The largest absolute Gasteiger partial charge is 0.480 e. The minimum Gasteiger partial charge on any atom is -0.480 e. The van der Waals surface area contributed by atoms with E-state index >= 15 is 0 Å². The van der Waals surface area contributed by atoms with Crippen molar-refractivity contribution in [2.24, 2.45) is 0 Å². The summed E-state index contributed by atoms with van der Waals surface area (Å²) in [6.45, 7) is 1.17. The number of rotatable bonds is 5. The van der Waals surface area contributed by atoms with Crippen LogP contribution in [0.1, 0.15) is 6.92 Å². The van der Waals surface area contributed by atoms with Gasteiger partial charge in [-0.15, -0.1) is 0 Å². The fourth-order valence-electron chi connectivity index (χ4n) is 1.34. The molecule has 0 radical (unpaired) electrons. The molecular weight excluding hydrogens is 258 g/mol. The van der Waals surface area contributed by atoms with E-state index in [9.17, 15) is 18.4 Å². The summed E-state index contributed by atoms with van der Waals surface area (Å²) < 4.78 is 26.2. The maximum Gasteiger partial charge on any atom is 0.320 e. The monoisotopic (exact) mass is 272 g/mol. The number of nitrogens with zero attached hydrogens (tertiary/aromatic N) is 1. The van der Waals surface area contributed by atoms with Gasteiger partial charge < -0.3 is 10.4 Å². The Bertz CT molecular complexity index is 494. The number of aliphatic carboxylic acids is 1. The van der Waals surface area contributed by atoms with Crippen molar-refractivity contribution in [1.82, 2.24) is 4.90 Å². The Hall–Kier alpha value is -2.02. The Balaban J connectivity index is 2.65. The predicted octanol–water partition coefficient (Wildman–Crippen LogP) is 1.31. The first-order chi connectivity index (χ1) is 8.81. The number of hydrogen-bond acceptors (Lipinski definition) is 3. The molecule has 0 spiro atoms. The topological polar surface area (TPSA) is 69.6 Å². The van der Waals surface area contributed by atoms with Gasteiger partial charge in [-0.05, 0) is 26.1 Å². The summed E-state index contributed by atoms with van der Waals surface area (Å²) in [6.07, 6.45) is 0. The minimum atomic E-state index is -1.08. The van der Waals surface area contributed by atoms with E-state index in [1.165, 1.54) is 18.9 Å². The smallest absolute Gasteiger partial charge is 0.320 e. The van der Waals surface area contributed by atoms with Crippen molar-refractivity contribution >= 4 is 17.6 Å². The van der Waals surface area contributed by atoms with Gasteiger partial charge in [0.25, 0.3) is 0 Å². The first-order valence-corrected chi connectivity index (χ1v) is 5.49. The van der Waals surface area contributed by atoms with Crippen LogP contribution in [-0.2, 0) is 9.59 Å². The number of carbonyl (C=O) groups is 2. The van der Waals surface area contributed by atoms with Gasteiger partial charge in [-0.25, -0.2) is 8.78 Å². The number of carbonyl (C=O) groups excluding carboxylic acids is 1. The van der Waals surface area contributed by atoms with E-state index in [1.807, 2.05) is 0 Å². The summed E-state index contributed by atoms with van der Waals surface area (Å²) in [5.41, 5.74) is -0.277. The Morgan fingerprint density at radius 2 is 2.05 bits per heavy atom. The Morgan fingerprint density at radius 3 is 2.63 bits per heavy atom. The van der Waals surface area contributed by atoms with Crippen molar-refractivity contribution in [2.75, 3.05) is 18.9 Å².